The van der Waals surface area contributed by atoms with Crippen molar-refractivity contribution >= 4 is 11.7 Å². The van der Waals surface area contributed by atoms with E-state index in [0.29, 0.717) is 0 Å². The molecule has 0 aromatic heterocycles. The Morgan fingerprint density at radius 1 is 0.962 bits per heavy atom. The average molecular weight is 349 g/mol. The van der Waals surface area contributed by atoms with Crippen molar-refractivity contribution in [2.75, 3.05) is 0 Å². The molecule has 1 atom stereocenters. The third-order valence-corrected chi connectivity index (χ3v) is 4.61. The van der Waals surface area contributed by atoms with Gasteiger partial charge in [0.2, 0.25) is 0 Å². The molecule has 0 saturated heterocycles. The van der Waals surface area contributed by atoms with E-state index in [1.54, 1.807) is 0 Å². The van der Waals surface area contributed by atoms with Crippen molar-refractivity contribution in [2.45, 2.75) is 51.7 Å². The van der Waals surface area contributed by atoms with E-state index in [2.05, 4.69) is 0 Å². The number of benzene rings is 2. The van der Waals surface area contributed by atoms with E-state index in [1.807, 2.05) is 81.4 Å². The van der Waals surface area contributed by atoms with E-state index in [-0.39, 0.29) is 11.9 Å². The number of aliphatic imine (C=N–C) groups is 1. The number of carbonyl (C=O) groups is 1. The Morgan fingerprint density at radius 3 is 1.85 bits per heavy atom. The first kappa shape index (κ1) is 18.4. The molecule has 0 radical (unpaired) electrons. The van der Waals surface area contributed by atoms with Gasteiger partial charge >= 0.3 is 5.97 Å². The van der Waals surface area contributed by atoms with Gasteiger partial charge in [-0.3, -0.25) is 4.99 Å². The fourth-order valence-electron chi connectivity index (χ4n) is 3.12. The van der Waals surface area contributed by atoms with Crippen LogP contribution in [0.4, 0.5) is 0 Å². The lowest BCUT2D eigenvalue weighted by Gasteiger charge is -2.32. The molecule has 1 aliphatic rings. The van der Waals surface area contributed by atoms with Gasteiger partial charge in [-0.2, -0.15) is 0 Å². The summed E-state index contributed by atoms with van der Waals surface area (Å²) in [7, 11) is 0. The van der Waals surface area contributed by atoms with Crippen LogP contribution in [0.2, 0.25) is 0 Å². The van der Waals surface area contributed by atoms with Crippen LogP contribution in [0.3, 0.4) is 0 Å². The number of ether oxygens (including phenoxy) is 1. The summed E-state index contributed by atoms with van der Waals surface area (Å²) in [6, 6.07) is 19.7. The van der Waals surface area contributed by atoms with Gasteiger partial charge in [-0.05, 0) is 39.5 Å². The van der Waals surface area contributed by atoms with Crippen LogP contribution >= 0.6 is 0 Å². The molecule has 1 saturated carbocycles. The van der Waals surface area contributed by atoms with Crippen molar-refractivity contribution < 1.29 is 9.53 Å². The standard InChI is InChI=1S/C23H27NO2/c1-23(2,3)26-22(25)21(19-15-10-16-19)24-20(17-11-6-4-7-12-17)18-13-8-5-9-14-18/h4-9,11-14,19,21H,10,15-16H2,1-3H3/t21-/m0/s1. The summed E-state index contributed by atoms with van der Waals surface area (Å²) >= 11 is 0. The van der Waals surface area contributed by atoms with Gasteiger partial charge in [0.15, 0.2) is 6.04 Å². The Kier molecular flexibility index (Phi) is 5.55. The van der Waals surface area contributed by atoms with Crippen molar-refractivity contribution in [3.05, 3.63) is 71.8 Å². The highest BCUT2D eigenvalue weighted by Gasteiger charge is 2.36. The summed E-state index contributed by atoms with van der Waals surface area (Å²) in [5.74, 6) is 0.0545. The third kappa shape index (κ3) is 4.60. The van der Waals surface area contributed by atoms with Crippen LogP contribution in [0, 0.1) is 5.92 Å². The Hall–Kier alpha value is -2.42. The van der Waals surface area contributed by atoms with E-state index in [1.165, 1.54) is 0 Å². The maximum absolute atomic E-state index is 12.9. The molecule has 2 aromatic rings. The zero-order chi connectivity index (χ0) is 18.6. The average Bonchev–Trinajstić information content (AvgIpc) is 2.56. The van der Waals surface area contributed by atoms with Crippen LogP contribution in [-0.2, 0) is 9.53 Å². The van der Waals surface area contributed by atoms with Crippen LogP contribution < -0.4 is 0 Å². The smallest absolute Gasteiger partial charge is 0.331 e. The van der Waals surface area contributed by atoms with E-state index < -0.39 is 11.6 Å². The van der Waals surface area contributed by atoms with E-state index in [0.717, 1.165) is 36.1 Å². The molecule has 0 unspecified atom stereocenters. The SMILES string of the molecule is CC(C)(C)OC(=O)[C@@H](N=C(c1ccccc1)c1ccccc1)C1CCC1. The van der Waals surface area contributed by atoms with Gasteiger partial charge in [0.25, 0.3) is 0 Å². The van der Waals surface area contributed by atoms with Gasteiger partial charge < -0.3 is 4.74 Å². The molecule has 136 valence electrons. The molecule has 0 amide bonds. The monoisotopic (exact) mass is 349 g/mol. The predicted molar refractivity (Wildman–Crippen MR) is 105 cm³/mol. The first-order chi connectivity index (χ1) is 12.4. The minimum Gasteiger partial charge on any atom is -0.458 e. The summed E-state index contributed by atoms with van der Waals surface area (Å²) in [6.07, 6.45) is 3.22. The van der Waals surface area contributed by atoms with Crippen LogP contribution in [0.25, 0.3) is 0 Å². The topological polar surface area (TPSA) is 38.7 Å². The lowest BCUT2D eigenvalue weighted by atomic mass is 9.79. The van der Waals surface area contributed by atoms with Gasteiger partial charge in [-0.1, -0.05) is 67.1 Å². The van der Waals surface area contributed by atoms with Crippen molar-refractivity contribution in [3.8, 4) is 0 Å². The Balaban J connectivity index is 2.01. The molecule has 1 fully saturated rings. The summed E-state index contributed by atoms with van der Waals surface area (Å²) in [6.45, 7) is 5.71. The van der Waals surface area contributed by atoms with E-state index in [9.17, 15) is 4.79 Å². The lowest BCUT2D eigenvalue weighted by Crippen LogP contribution is -2.38. The van der Waals surface area contributed by atoms with Crippen molar-refractivity contribution in [1.82, 2.24) is 0 Å². The largest absolute Gasteiger partial charge is 0.458 e. The number of carbonyl (C=O) groups excluding carboxylic acids is 1. The third-order valence-electron chi connectivity index (χ3n) is 4.61. The molecule has 3 rings (SSSR count). The zero-order valence-corrected chi connectivity index (χ0v) is 15.8. The maximum Gasteiger partial charge on any atom is 0.331 e. The molecule has 3 heteroatoms. The minimum absolute atomic E-state index is 0.216. The second kappa shape index (κ2) is 7.86. The van der Waals surface area contributed by atoms with Crippen molar-refractivity contribution in [1.29, 1.82) is 0 Å². The van der Waals surface area contributed by atoms with Gasteiger partial charge in [0.1, 0.15) is 5.60 Å². The van der Waals surface area contributed by atoms with E-state index in [4.69, 9.17) is 9.73 Å². The second-order valence-electron chi connectivity index (χ2n) is 7.88. The summed E-state index contributed by atoms with van der Waals surface area (Å²) in [5, 5.41) is 0. The molecule has 0 spiro atoms. The van der Waals surface area contributed by atoms with Crippen LogP contribution in [0.5, 0.6) is 0 Å². The fourth-order valence-corrected chi connectivity index (χ4v) is 3.12. The molecule has 0 aliphatic heterocycles. The Bertz CT molecular complexity index is 714. The zero-order valence-electron chi connectivity index (χ0n) is 15.8. The van der Waals surface area contributed by atoms with Gasteiger partial charge in [0.05, 0.1) is 5.71 Å². The predicted octanol–water partition coefficient (Wildman–Crippen LogP) is 5.03. The summed E-state index contributed by atoms with van der Waals surface area (Å²) < 4.78 is 5.68. The highest BCUT2D eigenvalue weighted by molar-refractivity contribution is 6.13. The molecule has 1 aliphatic carbocycles. The highest BCUT2D eigenvalue weighted by atomic mass is 16.6. The molecule has 0 N–H and O–H groups in total. The van der Waals surface area contributed by atoms with Crippen LogP contribution in [-0.4, -0.2) is 23.3 Å². The molecular formula is C23H27NO2. The maximum atomic E-state index is 12.9. The molecule has 26 heavy (non-hydrogen) atoms. The normalized spacial score (nSPS) is 15.7. The first-order valence-corrected chi connectivity index (χ1v) is 9.35. The number of nitrogens with zero attached hydrogens (tertiary/aromatic N) is 1. The van der Waals surface area contributed by atoms with Gasteiger partial charge in [-0.25, -0.2) is 4.79 Å². The van der Waals surface area contributed by atoms with Crippen molar-refractivity contribution in [3.63, 3.8) is 0 Å². The van der Waals surface area contributed by atoms with Crippen LogP contribution in [0.15, 0.2) is 65.7 Å². The number of hydrogen-bond acceptors (Lipinski definition) is 3. The van der Waals surface area contributed by atoms with Gasteiger partial charge in [0, 0.05) is 11.1 Å². The molecule has 0 bridgehead atoms. The molecular weight excluding hydrogens is 322 g/mol. The van der Waals surface area contributed by atoms with Gasteiger partial charge in [-0.15, -0.1) is 0 Å². The molecule has 3 nitrogen and oxygen atoms in total. The highest BCUT2D eigenvalue weighted by Crippen LogP contribution is 2.33. The lowest BCUT2D eigenvalue weighted by molar-refractivity contribution is -0.158. The molecule has 0 heterocycles. The quantitative estimate of drug-likeness (QED) is 0.561. The number of rotatable bonds is 5. The minimum atomic E-state index is -0.506. The Morgan fingerprint density at radius 2 is 1.46 bits per heavy atom. The summed E-state index contributed by atoms with van der Waals surface area (Å²) in [5.41, 5.74) is 2.39. The number of esters is 1. The summed E-state index contributed by atoms with van der Waals surface area (Å²) in [4.78, 5) is 17.8. The second-order valence-corrected chi connectivity index (χ2v) is 7.88. The van der Waals surface area contributed by atoms with E-state index >= 15 is 0 Å². The van der Waals surface area contributed by atoms with Crippen molar-refractivity contribution in [2.24, 2.45) is 10.9 Å². The van der Waals surface area contributed by atoms with Crippen LogP contribution in [0.1, 0.15) is 51.2 Å². The molecule has 2 aromatic carbocycles. The number of hydrogen-bond donors (Lipinski definition) is 0. The first-order valence-electron chi connectivity index (χ1n) is 9.35. The Labute approximate surface area is 156 Å². The fraction of sp³-hybridized carbons (Fsp3) is 0.391.